The van der Waals surface area contributed by atoms with Gasteiger partial charge in [-0.15, -0.1) is 0 Å². The first-order valence-electron chi connectivity index (χ1n) is 18.8. The summed E-state index contributed by atoms with van der Waals surface area (Å²) >= 11 is 0. The number of hydrogen-bond acceptors (Lipinski definition) is 9. The van der Waals surface area contributed by atoms with Crippen LogP contribution in [0.2, 0.25) is 0 Å². The summed E-state index contributed by atoms with van der Waals surface area (Å²) in [5.41, 5.74) is 2.17. The van der Waals surface area contributed by atoms with Gasteiger partial charge in [0, 0.05) is 40.4 Å². The van der Waals surface area contributed by atoms with Crippen molar-refractivity contribution in [2.75, 3.05) is 21.1 Å². The van der Waals surface area contributed by atoms with Gasteiger partial charge < -0.3 is 28.9 Å². The highest BCUT2D eigenvalue weighted by Crippen LogP contribution is 2.22. The molecule has 12 heteroatoms. The molecule has 55 heavy (non-hydrogen) atoms. The molecule has 1 saturated heterocycles. The maximum atomic E-state index is 14.3. The molecule has 0 radical (unpaired) electrons. The Labute approximate surface area is 323 Å². The summed E-state index contributed by atoms with van der Waals surface area (Å²) in [4.78, 5) is 88.7. The summed E-state index contributed by atoms with van der Waals surface area (Å²) in [5.74, 6) is -5.04. The fourth-order valence-corrected chi connectivity index (χ4v) is 6.49. The predicted molar refractivity (Wildman–Crippen MR) is 205 cm³/mol. The average molecular weight is 756 g/mol. The van der Waals surface area contributed by atoms with Crippen molar-refractivity contribution in [3.05, 3.63) is 108 Å². The molecular formula is C43H53N3O9. The number of amides is 3. The van der Waals surface area contributed by atoms with Crippen LogP contribution in [0, 0.1) is 5.92 Å². The lowest BCUT2D eigenvalue weighted by Gasteiger charge is -2.35. The van der Waals surface area contributed by atoms with E-state index in [-0.39, 0.29) is 32.1 Å². The number of ether oxygens (including phenoxy) is 3. The second-order valence-corrected chi connectivity index (χ2v) is 14.2. The minimum atomic E-state index is -1.35. The summed E-state index contributed by atoms with van der Waals surface area (Å²) < 4.78 is 17.8. The Morgan fingerprint density at radius 1 is 0.473 bits per heavy atom. The topological polar surface area (TPSA) is 140 Å². The number of rotatable bonds is 9. The molecule has 3 aromatic carbocycles. The molecule has 3 amide bonds. The van der Waals surface area contributed by atoms with Gasteiger partial charge in [-0.3, -0.25) is 14.4 Å². The molecule has 6 atom stereocenters. The molecule has 1 aliphatic heterocycles. The normalized spacial score (nSPS) is 23.9. The van der Waals surface area contributed by atoms with E-state index < -0.39 is 78.0 Å². The molecule has 0 N–H and O–H groups in total. The van der Waals surface area contributed by atoms with Crippen LogP contribution in [-0.2, 0) is 62.2 Å². The summed E-state index contributed by atoms with van der Waals surface area (Å²) in [6, 6.07) is 23.4. The molecule has 0 aliphatic carbocycles. The van der Waals surface area contributed by atoms with Crippen LogP contribution in [0.25, 0.3) is 0 Å². The summed E-state index contributed by atoms with van der Waals surface area (Å²) in [5, 5.41) is 0. The summed E-state index contributed by atoms with van der Waals surface area (Å²) in [6.45, 7) is 6.76. The van der Waals surface area contributed by atoms with E-state index in [0.717, 1.165) is 16.7 Å². The van der Waals surface area contributed by atoms with E-state index in [0.29, 0.717) is 0 Å². The van der Waals surface area contributed by atoms with Crippen LogP contribution < -0.4 is 0 Å². The first kappa shape index (κ1) is 42.2. The third-order valence-electron chi connectivity index (χ3n) is 9.98. The maximum absolute atomic E-state index is 14.3. The zero-order valence-corrected chi connectivity index (χ0v) is 32.8. The number of nitrogens with zero attached hydrogens (tertiary/aromatic N) is 3. The smallest absolute Gasteiger partial charge is 0.329 e. The quantitative estimate of drug-likeness (QED) is 0.230. The van der Waals surface area contributed by atoms with Gasteiger partial charge >= 0.3 is 17.9 Å². The van der Waals surface area contributed by atoms with Crippen molar-refractivity contribution >= 4 is 35.6 Å². The van der Waals surface area contributed by atoms with Gasteiger partial charge in [0.1, 0.15) is 18.1 Å². The van der Waals surface area contributed by atoms with Crippen molar-refractivity contribution in [2.45, 2.75) is 96.2 Å². The van der Waals surface area contributed by atoms with Crippen molar-refractivity contribution < 1.29 is 43.0 Å². The third kappa shape index (κ3) is 10.8. The molecule has 1 heterocycles. The highest BCUT2D eigenvalue weighted by molar-refractivity contribution is 5.94. The first-order valence-corrected chi connectivity index (χ1v) is 18.8. The van der Waals surface area contributed by atoms with E-state index >= 15 is 0 Å². The largest absolute Gasteiger partial charge is 0.451 e. The van der Waals surface area contributed by atoms with E-state index in [1.807, 2.05) is 18.2 Å². The maximum Gasteiger partial charge on any atom is 0.329 e. The van der Waals surface area contributed by atoms with Crippen LogP contribution >= 0.6 is 0 Å². The number of likely N-dealkylation sites (N-methyl/N-ethyl adjacent to an activating group) is 3. The van der Waals surface area contributed by atoms with Gasteiger partial charge in [-0.2, -0.15) is 0 Å². The van der Waals surface area contributed by atoms with Crippen LogP contribution in [0.4, 0.5) is 0 Å². The third-order valence-corrected chi connectivity index (χ3v) is 9.98. The highest BCUT2D eigenvalue weighted by atomic mass is 16.6. The molecule has 1 fully saturated rings. The van der Waals surface area contributed by atoms with Crippen molar-refractivity contribution in [2.24, 2.45) is 5.92 Å². The zero-order valence-electron chi connectivity index (χ0n) is 32.8. The van der Waals surface area contributed by atoms with Gasteiger partial charge in [-0.1, -0.05) is 119 Å². The second kappa shape index (κ2) is 19.7. The number of benzene rings is 3. The fraction of sp³-hybridized carbons (Fsp3) is 0.442. The van der Waals surface area contributed by atoms with Gasteiger partial charge in [0.25, 0.3) is 17.7 Å². The molecule has 12 nitrogen and oxygen atoms in total. The van der Waals surface area contributed by atoms with Gasteiger partial charge in [-0.05, 0) is 35.4 Å². The number of carbonyl (C=O) groups excluding carboxylic acids is 6. The minimum Gasteiger partial charge on any atom is -0.451 e. The lowest BCUT2D eigenvalue weighted by molar-refractivity contribution is -0.177. The molecule has 6 unspecified atom stereocenters. The van der Waals surface area contributed by atoms with E-state index in [4.69, 9.17) is 14.2 Å². The monoisotopic (exact) mass is 755 g/mol. The van der Waals surface area contributed by atoms with Gasteiger partial charge in [0.05, 0.1) is 0 Å². The van der Waals surface area contributed by atoms with E-state index in [2.05, 4.69) is 0 Å². The number of hydrogen-bond donors (Lipinski definition) is 0. The number of carbonyl (C=O) groups is 6. The molecule has 0 aromatic heterocycles. The van der Waals surface area contributed by atoms with Gasteiger partial charge in [0.15, 0.2) is 18.3 Å². The van der Waals surface area contributed by atoms with Crippen LogP contribution in [0.5, 0.6) is 0 Å². The average Bonchev–Trinajstić information content (AvgIpc) is 3.20. The lowest BCUT2D eigenvalue weighted by Crippen LogP contribution is -2.55. The molecule has 4 rings (SSSR count). The van der Waals surface area contributed by atoms with Crippen molar-refractivity contribution in [1.29, 1.82) is 0 Å². The molecule has 0 bridgehead atoms. The molecular weight excluding hydrogens is 702 g/mol. The Hall–Kier alpha value is -5.52. The Morgan fingerprint density at radius 3 is 1.05 bits per heavy atom. The highest BCUT2D eigenvalue weighted by Gasteiger charge is 2.42. The van der Waals surface area contributed by atoms with Gasteiger partial charge in [-0.25, -0.2) is 14.4 Å². The van der Waals surface area contributed by atoms with Gasteiger partial charge in [0.2, 0.25) is 0 Å². The number of esters is 3. The van der Waals surface area contributed by atoms with Crippen molar-refractivity contribution in [3.63, 3.8) is 0 Å². The van der Waals surface area contributed by atoms with E-state index in [9.17, 15) is 28.8 Å². The van der Waals surface area contributed by atoms with Crippen LogP contribution in [0.3, 0.4) is 0 Å². The molecule has 3 aromatic rings. The van der Waals surface area contributed by atoms with E-state index in [1.165, 1.54) is 35.8 Å². The molecule has 294 valence electrons. The van der Waals surface area contributed by atoms with Crippen LogP contribution in [0.1, 0.15) is 57.2 Å². The Kier molecular flexibility index (Phi) is 15.1. The number of cyclic esters (lactones) is 3. The fourth-order valence-electron chi connectivity index (χ4n) is 6.49. The SMILES string of the molecule is CCC1OC(=O)C(Cc2ccccc2)N(C)C(=O)C(CC)OC(=O)C(Cc2ccccc2)N(C)C(=O)C(C(C)C)OC(=O)C(Cc2ccccc2)N(C)C1=O. The molecule has 0 spiro atoms. The predicted octanol–water partition coefficient (Wildman–Crippen LogP) is 4.42. The Balaban J connectivity index is 1.84. The summed E-state index contributed by atoms with van der Waals surface area (Å²) in [7, 11) is 4.29. The zero-order chi connectivity index (χ0) is 40.2. The second-order valence-electron chi connectivity index (χ2n) is 14.2. The standard InChI is InChI=1S/C43H53N3O9/c1-8-35-38(47)44(5)32(25-29-19-13-10-14-20-29)41(50)53-36(9-2)39(48)45(6)34(27-31-23-17-12-18-24-31)43(52)55-37(28(3)4)40(49)46(7)33(42(51)54-35)26-30-21-15-11-16-22-30/h10-24,28,32-37H,8-9,25-27H2,1-7H3. The Morgan fingerprint density at radius 2 is 0.764 bits per heavy atom. The van der Waals surface area contributed by atoms with Crippen molar-refractivity contribution in [3.8, 4) is 0 Å². The van der Waals surface area contributed by atoms with E-state index in [1.54, 1.807) is 100 Å². The molecule has 0 saturated carbocycles. The first-order chi connectivity index (χ1) is 26.3. The van der Waals surface area contributed by atoms with Crippen LogP contribution in [0.15, 0.2) is 91.0 Å². The molecule has 1 aliphatic rings. The Bertz CT molecular complexity index is 1730. The van der Waals surface area contributed by atoms with Crippen LogP contribution in [-0.4, -0.2) is 108 Å². The van der Waals surface area contributed by atoms with Crippen molar-refractivity contribution in [1.82, 2.24) is 14.7 Å². The lowest BCUT2D eigenvalue weighted by atomic mass is 10.0. The summed E-state index contributed by atoms with van der Waals surface area (Å²) in [6.07, 6.45) is -3.75. The minimum absolute atomic E-state index is 0.0381.